The summed E-state index contributed by atoms with van der Waals surface area (Å²) in [6.07, 6.45) is 11.9. The van der Waals surface area contributed by atoms with Gasteiger partial charge in [0.25, 0.3) is 0 Å². The average molecular weight is 580 g/mol. The van der Waals surface area contributed by atoms with Crippen LogP contribution < -0.4 is 5.32 Å². The van der Waals surface area contributed by atoms with Crippen molar-refractivity contribution in [2.45, 2.75) is 6.54 Å². The minimum absolute atomic E-state index is 0.791. The van der Waals surface area contributed by atoms with Crippen LogP contribution in [0.3, 0.4) is 0 Å². The Balaban J connectivity index is 1.15. The first kappa shape index (κ1) is 24.3. The van der Waals surface area contributed by atoms with Crippen LogP contribution in [0.1, 0.15) is 11.3 Å². The molecule has 212 valence electrons. The molecule has 0 fully saturated rings. The van der Waals surface area contributed by atoms with Crippen molar-refractivity contribution >= 4 is 60.7 Å². The third kappa shape index (κ3) is 3.50. The fourth-order valence-corrected chi connectivity index (χ4v) is 7.16. The number of nitrogens with one attached hydrogen (secondary N) is 1. The molecular weight excluding hydrogens is 554 g/mol. The summed E-state index contributed by atoms with van der Waals surface area (Å²) in [5.74, 6) is 0. The van der Waals surface area contributed by atoms with E-state index in [9.17, 15) is 0 Å². The maximum atomic E-state index is 6.12. The second-order valence-corrected chi connectivity index (χ2v) is 11.6. The second kappa shape index (κ2) is 9.18. The third-order valence-electron chi connectivity index (χ3n) is 9.17. The van der Waals surface area contributed by atoms with E-state index in [1.54, 1.807) is 0 Å². The number of aromatic nitrogens is 4. The molecule has 0 saturated heterocycles. The number of furan rings is 1. The van der Waals surface area contributed by atoms with Gasteiger partial charge >= 0.3 is 0 Å². The molecule has 0 atom stereocenters. The molecule has 1 N–H and O–H groups in total. The zero-order valence-corrected chi connectivity index (χ0v) is 24.1. The van der Waals surface area contributed by atoms with E-state index in [0.717, 1.165) is 72.9 Å². The molecule has 0 spiro atoms. The summed E-state index contributed by atoms with van der Waals surface area (Å²) < 4.78 is 10.8. The summed E-state index contributed by atoms with van der Waals surface area (Å²) in [6.45, 7) is 0.791. The summed E-state index contributed by atoms with van der Waals surface area (Å²) in [4.78, 5) is 8.94. The number of hydrogen-bond donors (Lipinski definition) is 1. The predicted molar refractivity (Wildman–Crippen MR) is 182 cm³/mol. The van der Waals surface area contributed by atoms with Crippen LogP contribution in [0, 0.1) is 0 Å². The number of nitrogens with zero attached hydrogens (tertiary/aromatic N) is 4. The molecule has 5 aromatic heterocycles. The number of benzene rings is 4. The van der Waals surface area contributed by atoms with E-state index in [0.29, 0.717) is 0 Å². The highest BCUT2D eigenvalue weighted by Crippen LogP contribution is 2.38. The third-order valence-corrected chi connectivity index (χ3v) is 9.17. The molecule has 6 heteroatoms. The molecule has 0 unspecified atom stereocenters. The lowest BCUT2D eigenvalue weighted by molar-refractivity contribution is 0.669. The summed E-state index contributed by atoms with van der Waals surface area (Å²) in [5.41, 5.74) is 12.2. The van der Waals surface area contributed by atoms with Gasteiger partial charge in [-0.05, 0) is 84.1 Å². The molecule has 0 saturated carbocycles. The van der Waals surface area contributed by atoms with Crippen molar-refractivity contribution in [2.24, 2.45) is 0 Å². The van der Waals surface area contributed by atoms with Gasteiger partial charge in [0.1, 0.15) is 11.2 Å². The van der Waals surface area contributed by atoms with Gasteiger partial charge in [-0.25, -0.2) is 0 Å². The molecule has 0 aliphatic carbocycles. The Morgan fingerprint density at radius 1 is 0.578 bits per heavy atom. The first-order valence-corrected chi connectivity index (χ1v) is 15.1. The Morgan fingerprint density at radius 3 is 2.29 bits per heavy atom. The number of hydrogen-bond acceptors (Lipinski definition) is 4. The van der Waals surface area contributed by atoms with Crippen molar-refractivity contribution in [3.63, 3.8) is 0 Å². The average Bonchev–Trinajstić information content (AvgIpc) is 3.75. The van der Waals surface area contributed by atoms with Crippen LogP contribution >= 0.6 is 0 Å². The predicted octanol–water partition coefficient (Wildman–Crippen LogP) is 9.16. The van der Waals surface area contributed by atoms with Gasteiger partial charge in [-0.15, -0.1) is 0 Å². The topological polar surface area (TPSA) is 60.8 Å². The smallest absolute Gasteiger partial charge is 0.135 e. The zero-order valence-electron chi connectivity index (χ0n) is 24.1. The first-order valence-electron chi connectivity index (χ1n) is 15.1. The van der Waals surface area contributed by atoms with Crippen LogP contribution in [0.4, 0.5) is 0 Å². The Morgan fingerprint density at radius 2 is 1.36 bits per heavy atom. The van der Waals surface area contributed by atoms with E-state index in [4.69, 9.17) is 4.42 Å². The zero-order chi connectivity index (χ0) is 29.5. The van der Waals surface area contributed by atoms with Crippen molar-refractivity contribution in [3.8, 4) is 22.5 Å². The van der Waals surface area contributed by atoms with Crippen molar-refractivity contribution < 1.29 is 4.42 Å². The molecule has 6 heterocycles. The molecule has 45 heavy (non-hydrogen) atoms. The number of fused-ring (bicyclic) bond motifs is 9. The first-order chi connectivity index (χ1) is 22.3. The standard InChI is InChI=1S/C39H25N5O/c1-2-7-38-28(6-1)30-20-27(9-11-39(30)45-38)44-34-10-8-25(19-29(34)31-21-40-15-12-35(31)44)24-4-3-5-26(18-24)43-36-13-16-41-22-32(36)33-23-42-17-14-37(33)43/h1-22,42H,23H2. The van der Waals surface area contributed by atoms with Crippen LogP contribution in [0.2, 0.25) is 0 Å². The monoisotopic (exact) mass is 579 g/mol. The molecule has 4 aromatic carbocycles. The van der Waals surface area contributed by atoms with Gasteiger partial charge < -0.3 is 18.9 Å². The lowest BCUT2D eigenvalue weighted by Crippen LogP contribution is -2.10. The van der Waals surface area contributed by atoms with Crippen LogP contribution in [-0.4, -0.2) is 19.1 Å². The maximum absolute atomic E-state index is 6.12. The maximum Gasteiger partial charge on any atom is 0.135 e. The molecule has 0 amide bonds. The van der Waals surface area contributed by atoms with Gasteiger partial charge in [-0.2, -0.15) is 0 Å². The quantitative estimate of drug-likeness (QED) is 0.227. The largest absolute Gasteiger partial charge is 0.456 e. The van der Waals surface area contributed by atoms with Gasteiger partial charge in [0.05, 0.1) is 22.2 Å². The van der Waals surface area contributed by atoms with Crippen molar-refractivity contribution in [1.82, 2.24) is 24.4 Å². The van der Waals surface area contributed by atoms with E-state index in [1.807, 2.05) is 43.1 Å². The Bertz CT molecular complexity index is 2670. The van der Waals surface area contributed by atoms with E-state index in [2.05, 4.69) is 115 Å². The van der Waals surface area contributed by atoms with Gasteiger partial charge in [0.2, 0.25) is 0 Å². The Hall–Kier alpha value is -6.14. The van der Waals surface area contributed by atoms with Crippen molar-refractivity contribution in [1.29, 1.82) is 0 Å². The van der Waals surface area contributed by atoms with E-state index in [1.165, 1.54) is 22.0 Å². The van der Waals surface area contributed by atoms with Crippen LogP contribution in [0.25, 0.3) is 83.2 Å². The molecular formula is C39H25N5O. The van der Waals surface area contributed by atoms with Crippen LogP contribution in [-0.2, 0) is 6.54 Å². The Kier molecular flexibility index (Phi) is 4.96. The summed E-state index contributed by atoms with van der Waals surface area (Å²) in [6, 6.07) is 34.5. The number of rotatable bonds is 3. The minimum Gasteiger partial charge on any atom is -0.456 e. The van der Waals surface area contributed by atoms with E-state index >= 15 is 0 Å². The van der Waals surface area contributed by atoms with Gasteiger partial charge in [-0.1, -0.05) is 36.4 Å². The molecule has 6 nitrogen and oxygen atoms in total. The van der Waals surface area contributed by atoms with Gasteiger partial charge in [-0.3, -0.25) is 9.97 Å². The van der Waals surface area contributed by atoms with Gasteiger partial charge in [0.15, 0.2) is 0 Å². The summed E-state index contributed by atoms with van der Waals surface area (Å²) in [5, 5.41) is 9.07. The van der Waals surface area contributed by atoms with E-state index < -0.39 is 0 Å². The second-order valence-electron chi connectivity index (χ2n) is 11.6. The van der Waals surface area contributed by atoms with Crippen LogP contribution in [0.15, 0.2) is 132 Å². The summed E-state index contributed by atoms with van der Waals surface area (Å²) in [7, 11) is 0. The minimum atomic E-state index is 0.791. The molecule has 0 radical (unpaired) electrons. The molecule has 0 bridgehead atoms. The molecule has 9 aromatic rings. The lowest BCUT2D eigenvalue weighted by Gasteiger charge is -2.14. The summed E-state index contributed by atoms with van der Waals surface area (Å²) >= 11 is 0. The molecule has 1 aliphatic rings. The highest BCUT2D eigenvalue weighted by molar-refractivity contribution is 6.11. The highest BCUT2D eigenvalue weighted by atomic mass is 16.3. The number of pyridine rings is 2. The Labute approximate surface area is 257 Å². The van der Waals surface area contributed by atoms with Gasteiger partial charge in [0, 0.05) is 75.2 Å². The highest BCUT2D eigenvalue weighted by Gasteiger charge is 2.19. The molecule has 10 rings (SSSR count). The van der Waals surface area contributed by atoms with E-state index in [-0.39, 0.29) is 0 Å². The fourth-order valence-electron chi connectivity index (χ4n) is 7.16. The van der Waals surface area contributed by atoms with Crippen molar-refractivity contribution in [3.05, 3.63) is 139 Å². The number of para-hydroxylation sites is 1. The van der Waals surface area contributed by atoms with Crippen LogP contribution in [0.5, 0.6) is 0 Å². The van der Waals surface area contributed by atoms with Crippen molar-refractivity contribution in [2.75, 3.05) is 0 Å². The SMILES string of the molecule is C1=Cc2c(c3cnccc3n2-c2cccc(-c3ccc4c(c3)c3cnccc3n4-c3ccc4oc5ccccc5c4c3)c2)CN1. The lowest BCUT2D eigenvalue weighted by atomic mass is 10.0. The molecule has 1 aliphatic heterocycles. The fraction of sp³-hybridized carbons (Fsp3) is 0.0256. The normalized spacial score (nSPS) is 12.9.